The average molecular weight is 490 g/mol. The Hall–Kier alpha value is -3.29. The molecule has 2 aromatic heterocycles. The molecule has 0 atom stereocenters. The SMILES string of the molecule is CCCCc1nc2c(N)nc3ccccc3c2n1CCCCN(C)Cc1ccc(CC=O)cc1.CO. The first-order chi connectivity index (χ1) is 17.6. The van der Waals surface area contributed by atoms with Crippen LogP contribution in [0.5, 0.6) is 0 Å². The number of rotatable bonds is 12. The van der Waals surface area contributed by atoms with Crippen molar-refractivity contribution in [1.82, 2.24) is 19.4 Å². The van der Waals surface area contributed by atoms with Crippen molar-refractivity contribution in [3.8, 4) is 0 Å². The van der Waals surface area contributed by atoms with Crippen molar-refractivity contribution in [1.29, 1.82) is 0 Å². The third kappa shape index (κ3) is 6.68. The number of aromatic nitrogens is 3. The number of benzene rings is 2. The molecule has 0 bridgehead atoms. The standard InChI is InChI=1S/C28H35N5O.CH4O/c1-3-4-11-25-31-26-27(23-9-5-6-10-24(23)30-28(26)29)33(25)18-8-7-17-32(2)20-22-14-12-21(13-15-22)16-19-34;1-2/h5-6,9-10,12-15,19H,3-4,7-8,11,16-18,20H2,1-2H3,(H2,29,30);2H,1H3. The van der Waals surface area contributed by atoms with E-state index in [1.807, 2.05) is 24.3 Å². The summed E-state index contributed by atoms with van der Waals surface area (Å²) in [6, 6.07) is 16.5. The van der Waals surface area contributed by atoms with E-state index in [4.69, 9.17) is 15.8 Å². The first-order valence-electron chi connectivity index (χ1n) is 12.8. The number of nitrogen functional groups attached to an aromatic ring is 1. The van der Waals surface area contributed by atoms with Crippen molar-refractivity contribution in [2.75, 3.05) is 26.4 Å². The van der Waals surface area contributed by atoms with Gasteiger partial charge in [-0.3, -0.25) is 0 Å². The number of hydrogen-bond donors (Lipinski definition) is 2. The van der Waals surface area contributed by atoms with Crippen LogP contribution in [0.25, 0.3) is 21.9 Å². The maximum Gasteiger partial charge on any atom is 0.152 e. The number of aliphatic hydroxyl groups is 1. The van der Waals surface area contributed by atoms with Gasteiger partial charge in [-0.15, -0.1) is 0 Å². The van der Waals surface area contributed by atoms with Crippen LogP contribution in [0, 0.1) is 0 Å². The molecule has 192 valence electrons. The molecule has 0 spiro atoms. The summed E-state index contributed by atoms with van der Waals surface area (Å²) in [5, 5.41) is 8.12. The molecule has 0 unspecified atom stereocenters. The van der Waals surface area contributed by atoms with Gasteiger partial charge in [-0.2, -0.15) is 0 Å². The number of nitrogens with zero attached hydrogens (tertiary/aromatic N) is 4. The Bertz CT molecular complexity index is 1250. The molecule has 4 rings (SSSR count). The Labute approximate surface area is 214 Å². The lowest BCUT2D eigenvalue weighted by Crippen LogP contribution is -2.19. The molecule has 2 heterocycles. The molecule has 0 aliphatic carbocycles. The quantitative estimate of drug-likeness (QED) is 0.220. The molecule has 0 aliphatic rings. The number of aldehydes is 1. The molecule has 7 heteroatoms. The van der Waals surface area contributed by atoms with Crippen LogP contribution in [0.3, 0.4) is 0 Å². The van der Waals surface area contributed by atoms with Crippen molar-refractivity contribution in [3.05, 3.63) is 65.5 Å². The predicted octanol–water partition coefficient (Wildman–Crippen LogP) is 4.77. The Morgan fingerprint density at radius 1 is 1.00 bits per heavy atom. The smallest absolute Gasteiger partial charge is 0.152 e. The Morgan fingerprint density at radius 2 is 1.72 bits per heavy atom. The number of pyridine rings is 1. The normalized spacial score (nSPS) is 11.1. The molecule has 0 fully saturated rings. The number of carbonyl (C=O) groups is 1. The zero-order valence-electron chi connectivity index (χ0n) is 21.8. The fourth-order valence-corrected chi connectivity index (χ4v) is 4.59. The maximum atomic E-state index is 10.7. The summed E-state index contributed by atoms with van der Waals surface area (Å²) < 4.78 is 2.39. The van der Waals surface area contributed by atoms with Gasteiger partial charge in [0.15, 0.2) is 5.82 Å². The number of imidazole rings is 1. The number of fused-ring (bicyclic) bond motifs is 3. The van der Waals surface area contributed by atoms with Crippen molar-refractivity contribution in [2.45, 2.75) is 58.5 Å². The van der Waals surface area contributed by atoms with Crippen molar-refractivity contribution >= 4 is 34.0 Å². The highest BCUT2D eigenvalue weighted by Crippen LogP contribution is 2.29. The number of anilines is 1. The van der Waals surface area contributed by atoms with E-state index >= 15 is 0 Å². The van der Waals surface area contributed by atoms with Crippen LogP contribution in [-0.2, 0) is 30.7 Å². The first kappa shape index (κ1) is 27.3. The molecule has 2 aromatic carbocycles. The van der Waals surface area contributed by atoms with E-state index in [9.17, 15) is 4.79 Å². The number of unbranched alkanes of at least 4 members (excludes halogenated alkanes) is 2. The highest BCUT2D eigenvalue weighted by Gasteiger charge is 2.16. The summed E-state index contributed by atoms with van der Waals surface area (Å²) in [5.41, 5.74) is 11.5. The van der Waals surface area contributed by atoms with Crippen molar-refractivity contribution in [2.24, 2.45) is 0 Å². The number of para-hydroxylation sites is 1. The van der Waals surface area contributed by atoms with Crippen LogP contribution < -0.4 is 5.73 Å². The van der Waals surface area contributed by atoms with Gasteiger partial charge in [-0.25, -0.2) is 9.97 Å². The van der Waals surface area contributed by atoms with E-state index in [-0.39, 0.29) is 0 Å². The van der Waals surface area contributed by atoms with Crippen LogP contribution in [0.1, 0.15) is 49.6 Å². The summed E-state index contributed by atoms with van der Waals surface area (Å²) in [7, 11) is 3.17. The average Bonchev–Trinajstić information content (AvgIpc) is 3.27. The van der Waals surface area contributed by atoms with Crippen molar-refractivity contribution < 1.29 is 9.90 Å². The summed E-state index contributed by atoms with van der Waals surface area (Å²) >= 11 is 0. The number of aliphatic hydroxyl groups excluding tert-OH is 1. The molecule has 0 aliphatic heterocycles. The number of hydrogen-bond acceptors (Lipinski definition) is 6. The topological polar surface area (TPSA) is 97.3 Å². The molecule has 0 amide bonds. The van der Waals surface area contributed by atoms with Gasteiger partial charge in [0.2, 0.25) is 0 Å². The molecule has 36 heavy (non-hydrogen) atoms. The van der Waals surface area contributed by atoms with Gasteiger partial charge in [0.05, 0.1) is 11.0 Å². The summed E-state index contributed by atoms with van der Waals surface area (Å²) in [5.74, 6) is 1.63. The highest BCUT2D eigenvalue weighted by molar-refractivity contribution is 6.06. The second-order valence-corrected chi connectivity index (χ2v) is 9.13. The second kappa shape index (κ2) is 13.7. The Kier molecular flexibility index (Phi) is 10.4. The fourth-order valence-electron chi connectivity index (χ4n) is 4.59. The van der Waals surface area contributed by atoms with Gasteiger partial charge in [-0.1, -0.05) is 55.8 Å². The van der Waals surface area contributed by atoms with E-state index in [1.54, 1.807) is 0 Å². The molecule has 0 saturated heterocycles. The lowest BCUT2D eigenvalue weighted by atomic mass is 10.1. The zero-order chi connectivity index (χ0) is 25.9. The third-order valence-electron chi connectivity index (χ3n) is 6.41. The van der Waals surface area contributed by atoms with Gasteiger partial charge >= 0.3 is 0 Å². The molecular formula is C29H39N5O2. The lowest BCUT2D eigenvalue weighted by molar-refractivity contribution is -0.107. The highest BCUT2D eigenvalue weighted by atomic mass is 16.2. The predicted molar refractivity (Wildman–Crippen MR) is 148 cm³/mol. The summed E-state index contributed by atoms with van der Waals surface area (Å²) in [4.78, 5) is 22.6. The van der Waals surface area contributed by atoms with Gasteiger partial charge < -0.3 is 25.1 Å². The third-order valence-corrected chi connectivity index (χ3v) is 6.41. The van der Waals surface area contributed by atoms with Crippen molar-refractivity contribution in [3.63, 3.8) is 0 Å². The molecular weight excluding hydrogens is 450 g/mol. The van der Waals surface area contributed by atoms with Gasteiger partial charge in [-0.05, 0) is 50.0 Å². The largest absolute Gasteiger partial charge is 0.400 e. The van der Waals surface area contributed by atoms with Gasteiger partial charge in [0.25, 0.3) is 0 Å². The van der Waals surface area contributed by atoms with Crippen LogP contribution in [0.2, 0.25) is 0 Å². The fraction of sp³-hybridized carbons (Fsp3) is 0.414. The number of aryl methyl sites for hydroxylation is 2. The van der Waals surface area contributed by atoms with Crippen LogP contribution in [0.4, 0.5) is 5.82 Å². The van der Waals surface area contributed by atoms with Crippen LogP contribution in [0.15, 0.2) is 48.5 Å². The Balaban J connectivity index is 0.00000176. The lowest BCUT2D eigenvalue weighted by Gasteiger charge is -2.17. The van der Waals surface area contributed by atoms with Gasteiger partial charge in [0, 0.05) is 38.4 Å². The molecule has 0 saturated carbocycles. The molecule has 0 radical (unpaired) electrons. The zero-order valence-corrected chi connectivity index (χ0v) is 21.8. The van der Waals surface area contributed by atoms with E-state index in [0.29, 0.717) is 12.2 Å². The van der Waals surface area contributed by atoms with E-state index in [2.05, 4.69) is 52.7 Å². The minimum absolute atomic E-state index is 0.482. The first-order valence-corrected chi connectivity index (χ1v) is 12.8. The molecule has 7 nitrogen and oxygen atoms in total. The van der Waals surface area contributed by atoms with Gasteiger partial charge in [0.1, 0.15) is 17.6 Å². The minimum atomic E-state index is 0.482. The second-order valence-electron chi connectivity index (χ2n) is 9.13. The molecule has 4 aromatic rings. The minimum Gasteiger partial charge on any atom is -0.400 e. The molecule has 3 N–H and O–H groups in total. The van der Waals surface area contributed by atoms with E-state index in [1.165, 1.54) is 5.56 Å². The van der Waals surface area contributed by atoms with E-state index < -0.39 is 0 Å². The van der Waals surface area contributed by atoms with E-state index in [0.717, 1.165) is 98.5 Å². The summed E-state index contributed by atoms with van der Waals surface area (Å²) in [6.07, 6.45) is 6.82. The maximum absolute atomic E-state index is 10.7. The number of nitrogens with two attached hydrogens (primary N) is 1. The van der Waals surface area contributed by atoms with Crippen LogP contribution >= 0.6 is 0 Å². The Morgan fingerprint density at radius 3 is 2.44 bits per heavy atom. The van der Waals surface area contributed by atoms with Crippen LogP contribution in [-0.4, -0.2) is 51.5 Å². The number of carbonyl (C=O) groups excluding carboxylic acids is 1. The summed E-state index contributed by atoms with van der Waals surface area (Å²) in [6.45, 7) is 5.07. The monoisotopic (exact) mass is 489 g/mol.